The standard InChI is InChI=1S/C4H11NO2P2S/c1-5-3(4(6)7)2-10-9-8/h3,5,9H,2,8H2,1H3,(H,6,7)/t3-/m0/s1. The molecule has 6 heteroatoms. The van der Waals surface area contributed by atoms with Gasteiger partial charge in [0.25, 0.3) is 0 Å². The summed E-state index contributed by atoms with van der Waals surface area (Å²) in [5, 5.41) is 11.2. The van der Waals surface area contributed by atoms with Gasteiger partial charge in [-0.15, -0.1) is 20.3 Å². The van der Waals surface area contributed by atoms with Crippen molar-refractivity contribution in [1.82, 2.24) is 5.32 Å². The summed E-state index contributed by atoms with van der Waals surface area (Å²) in [5.74, 6) is -0.147. The van der Waals surface area contributed by atoms with Gasteiger partial charge >= 0.3 is 5.97 Å². The molecule has 0 fully saturated rings. The maximum Gasteiger partial charge on any atom is 0.321 e. The van der Waals surface area contributed by atoms with E-state index in [4.69, 9.17) is 5.11 Å². The highest BCUT2D eigenvalue weighted by atomic mass is 32.9. The van der Waals surface area contributed by atoms with Crippen molar-refractivity contribution < 1.29 is 9.90 Å². The van der Waals surface area contributed by atoms with E-state index in [0.29, 0.717) is 13.2 Å². The number of aliphatic carboxylic acids is 1. The lowest BCUT2D eigenvalue weighted by Crippen LogP contribution is -2.35. The maximum absolute atomic E-state index is 10.4. The minimum absolute atomic E-state index is 0.405. The van der Waals surface area contributed by atoms with E-state index in [2.05, 4.69) is 14.2 Å². The average molecular weight is 199 g/mol. The summed E-state index contributed by atoms with van der Waals surface area (Å²) < 4.78 is 0. The number of carboxylic acids is 1. The molecule has 2 N–H and O–H groups in total. The zero-order valence-electron chi connectivity index (χ0n) is 5.63. The van der Waals surface area contributed by atoms with E-state index in [1.807, 2.05) is 0 Å². The van der Waals surface area contributed by atoms with E-state index in [9.17, 15) is 4.79 Å². The van der Waals surface area contributed by atoms with Crippen LogP contribution in [0.1, 0.15) is 0 Å². The van der Waals surface area contributed by atoms with Crippen LogP contribution in [0.5, 0.6) is 0 Å². The smallest absolute Gasteiger partial charge is 0.321 e. The van der Waals surface area contributed by atoms with Crippen molar-refractivity contribution in [1.29, 1.82) is 0 Å². The predicted octanol–water partition coefficient (Wildman–Crippen LogP) is 0.776. The fourth-order valence-electron chi connectivity index (χ4n) is 0.410. The van der Waals surface area contributed by atoms with Gasteiger partial charge in [-0.1, -0.05) is 0 Å². The van der Waals surface area contributed by atoms with Crippen molar-refractivity contribution in [3.63, 3.8) is 0 Å². The van der Waals surface area contributed by atoms with Gasteiger partial charge in [-0.2, -0.15) is 0 Å². The Hall–Kier alpha value is 0.640. The topological polar surface area (TPSA) is 49.3 Å². The molecule has 0 aromatic heterocycles. The van der Waals surface area contributed by atoms with E-state index in [0.717, 1.165) is 0 Å². The largest absolute Gasteiger partial charge is 0.480 e. The molecule has 0 amide bonds. The Morgan fingerprint density at radius 3 is 2.90 bits per heavy atom. The molecule has 0 spiro atoms. The number of hydrogen-bond donors (Lipinski definition) is 2. The SMILES string of the molecule is CN[C@@H](CSPP)C(=O)O. The first-order chi connectivity index (χ1) is 4.72. The Labute approximate surface area is 68.4 Å². The van der Waals surface area contributed by atoms with Gasteiger partial charge in [0.2, 0.25) is 0 Å². The summed E-state index contributed by atoms with van der Waals surface area (Å²) >= 11 is 1.62. The Balaban J connectivity index is 3.50. The fraction of sp³-hybridized carbons (Fsp3) is 0.750. The molecular weight excluding hydrogens is 188 g/mol. The second-order valence-electron chi connectivity index (χ2n) is 1.61. The third-order valence-electron chi connectivity index (χ3n) is 0.980. The van der Waals surface area contributed by atoms with Gasteiger partial charge in [-0.05, 0) is 14.5 Å². The zero-order chi connectivity index (χ0) is 7.98. The number of likely N-dealkylation sites (N-methyl/N-ethyl adjacent to an activating group) is 1. The molecule has 2 unspecified atom stereocenters. The first-order valence-corrected chi connectivity index (χ1v) is 7.21. The molecule has 0 bridgehead atoms. The molecule has 0 saturated heterocycles. The number of nitrogens with one attached hydrogen (secondary N) is 1. The summed E-state index contributed by atoms with van der Waals surface area (Å²) in [7, 11) is 4.90. The lowest BCUT2D eigenvalue weighted by Gasteiger charge is -2.08. The van der Waals surface area contributed by atoms with Crippen molar-refractivity contribution in [2.45, 2.75) is 6.04 Å². The minimum Gasteiger partial charge on any atom is -0.480 e. The number of carbonyl (C=O) groups is 1. The highest BCUT2D eigenvalue weighted by Crippen LogP contribution is 2.36. The number of rotatable bonds is 5. The molecule has 0 heterocycles. The third kappa shape index (κ3) is 4.45. The van der Waals surface area contributed by atoms with Crippen LogP contribution in [-0.4, -0.2) is 29.9 Å². The van der Waals surface area contributed by atoms with Gasteiger partial charge < -0.3 is 10.4 Å². The average Bonchev–Trinajstić information content (AvgIpc) is 1.89. The lowest BCUT2D eigenvalue weighted by atomic mass is 10.3. The molecule has 0 aromatic carbocycles. The quantitative estimate of drug-likeness (QED) is 0.642. The molecule has 0 radical (unpaired) electrons. The van der Waals surface area contributed by atoms with Gasteiger partial charge in [-0.3, -0.25) is 4.79 Å². The molecule has 10 heavy (non-hydrogen) atoms. The second kappa shape index (κ2) is 6.36. The highest BCUT2D eigenvalue weighted by molar-refractivity contribution is 8.64. The number of carboxylic acid groups (broad SMARTS) is 1. The summed E-state index contributed by atoms with van der Waals surface area (Å²) in [6.45, 7) is 0. The molecule has 0 aliphatic rings. The van der Waals surface area contributed by atoms with E-state index < -0.39 is 12.0 Å². The molecule has 0 aromatic rings. The van der Waals surface area contributed by atoms with Crippen molar-refractivity contribution in [2.24, 2.45) is 0 Å². The Kier molecular flexibility index (Phi) is 6.76. The lowest BCUT2D eigenvalue weighted by molar-refractivity contribution is -0.138. The van der Waals surface area contributed by atoms with Crippen LogP contribution in [0, 0.1) is 0 Å². The molecule has 0 saturated carbocycles. The van der Waals surface area contributed by atoms with Crippen LogP contribution in [0.15, 0.2) is 0 Å². The van der Waals surface area contributed by atoms with Gasteiger partial charge in [0, 0.05) is 5.75 Å². The molecule has 0 aliphatic heterocycles. The second-order valence-corrected chi connectivity index (χ2v) is 6.16. The zero-order valence-corrected chi connectivity index (χ0v) is 8.60. The van der Waals surface area contributed by atoms with E-state index in [1.54, 1.807) is 18.4 Å². The molecular formula is C4H11NO2P2S. The normalized spacial score (nSPS) is 14.2. The monoisotopic (exact) mass is 199 g/mol. The summed E-state index contributed by atoms with van der Waals surface area (Å²) in [4.78, 5) is 10.4. The van der Waals surface area contributed by atoms with E-state index >= 15 is 0 Å². The van der Waals surface area contributed by atoms with Crippen LogP contribution in [-0.2, 0) is 4.79 Å². The van der Waals surface area contributed by atoms with Crippen molar-refractivity contribution in [3.8, 4) is 0 Å². The van der Waals surface area contributed by atoms with Crippen LogP contribution in [0.25, 0.3) is 0 Å². The molecule has 60 valence electrons. The minimum atomic E-state index is -0.779. The number of hydrogen-bond acceptors (Lipinski definition) is 3. The van der Waals surface area contributed by atoms with Crippen molar-refractivity contribution in [3.05, 3.63) is 0 Å². The van der Waals surface area contributed by atoms with Crippen LogP contribution in [0.4, 0.5) is 0 Å². The highest BCUT2D eigenvalue weighted by Gasteiger charge is 2.13. The van der Waals surface area contributed by atoms with Crippen molar-refractivity contribution >= 4 is 33.8 Å². The summed E-state index contributed by atoms with van der Waals surface area (Å²) in [6.07, 6.45) is 0. The van der Waals surface area contributed by atoms with Crippen LogP contribution in [0.3, 0.4) is 0 Å². The Morgan fingerprint density at radius 2 is 2.60 bits per heavy atom. The van der Waals surface area contributed by atoms with E-state index in [-0.39, 0.29) is 0 Å². The van der Waals surface area contributed by atoms with Crippen molar-refractivity contribution in [2.75, 3.05) is 12.8 Å². The summed E-state index contributed by atoms with van der Waals surface area (Å²) in [5.41, 5.74) is 0. The van der Waals surface area contributed by atoms with Gasteiger partial charge in [0.05, 0.1) is 0 Å². The van der Waals surface area contributed by atoms with Crippen LogP contribution >= 0.6 is 27.8 Å². The van der Waals surface area contributed by atoms with Crippen LogP contribution < -0.4 is 5.32 Å². The fourth-order valence-corrected chi connectivity index (χ4v) is 2.64. The van der Waals surface area contributed by atoms with Gasteiger partial charge in [-0.25, -0.2) is 0 Å². The Morgan fingerprint density at radius 1 is 2.00 bits per heavy atom. The summed E-state index contributed by atoms with van der Waals surface area (Å²) in [6, 6.07) is -0.405. The first kappa shape index (κ1) is 10.6. The third-order valence-corrected chi connectivity index (χ3v) is 4.15. The van der Waals surface area contributed by atoms with E-state index in [1.165, 1.54) is 0 Å². The van der Waals surface area contributed by atoms with Gasteiger partial charge in [0.15, 0.2) is 0 Å². The van der Waals surface area contributed by atoms with Gasteiger partial charge in [0.1, 0.15) is 6.04 Å². The predicted molar refractivity (Wildman–Crippen MR) is 51.0 cm³/mol. The molecule has 0 aliphatic carbocycles. The molecule has 3 nitrogen and oxygen atoms in total. The first-order valence-electron chi connectivity index (χ1n) is 2.69. The van der Waals surface area contributed by atoms with Crippen LogP contribution in [0.2, 0.25) is 0 Å². The molecule has 0 rings (SSSR count). The Bertz CT molecular complexity index is 113. The maximum atomic E-state index is 10.4. The molecule has 3 atom stereocenters.